The molecule has 0 unspecified atom stereocenters. The summed E-state index contributed by atoms with van der Waals surface area (Å²) in [6, 6.07) is 87.6. The highest BCUT2D eigenvalue weighted by Crippen LogP contribution is 2.62. The lowest BCUT2D eigenvalue weighted by atomic mass is 9.55. The Morgan fingerprint density at radius 3 is 1.44 bits per heavy atom. The van der Waals surface area contributed by atoms with Crippen molar-refractivity contribution in [2.24, 2.45) is 0 Å². The zero-order valence-electron chi connectivity index (χ0n) is 35.5. The Labute approximate surface area is 370 Å². The second kappa shape index (κ2) is 14.4. The minimum atomic E-state index is -0.421. The Hall–Kier alpha value is -7.74. The van der Waals surface area contributed by atoms with Crippen LogP contribution in [-0.4, -0.2) is 0 Å². The quantitative estimate of drug-likeness (QED) is 0.162. The number of hydrogen-bond acceptors (Lipinski definition) is 1. The van der Waals surface area contributed by atoms with Gasteiger partial charge in [0, 0.05) is 22.4 Å². The third-order valence-electron chi connectivity index (χ3n) is 13.9. The zero-order chi connectivity index (χ0) is 42.1. The molecule has 1 heteroatoms. The molecule has 0 atom stereocenters. The molecule has 1 nitrogen and oxygen atoms in total. The largest absolute Gasteiger partial charge is 0.310 e. The first-order valence-electron chi connectivity index (χ1n) is 22.1. The maximum atomic E-state index is 2.50. The van der Waals surface area contributed by atoms with Crippen molar-refractivity contribution in [2.75, 3.05) is 4.90 Å². The van der Waals surface area contributed by atoms with Crippen molar-refractivity contribution in [1.29, 1.82) is 0 Å². The second-order valence-electron chi connectivity index (χ2n) is 17.6. The molecular formula is C62H45N. The van der Waals surface area contributed by atoms with Crippen molar-refractivity contribution in [3.05, 3.63) is 270 Å². The summed E-state index contributed by atoms with van der Waals surface area (Å²) < 4.78 is 0. The predicted molar refractivity (Wildman–Crippen MR) is 264 cm³/mol. The van der Waals surface area contributed by atoms with Gasteiger partial charge in [-0.2, -0.15) is 0 Å². The number of para-hydroxylation sites is 1. The average molecular weight is 804 g/mol. The van der Waals surface area contributed by atoms with Gasteiger partial charge in [0.1, 0.15) is 0 Å². The standard InChI is InChI=1S/C62H45N/c1-61(2)55-24-12-14-26-57(55)62(58-27-15-13-25-56(58)61)54-23-11-9-22-52(54)53-38-34-48(41-59(53)62)45-29-30-47-40-50(37-33-46(47)39-45)63(49-35-31-43(32-36-49)42-17-5-3-6-18-42)60-28-16-10-21-51(60)44-19-7-4-8-20-44/h3-41H,1-2H3. The molecule has 0 fully saturated rings. The monoisotopic (exact) mass is 803 g/mol. The number of nitrogens with zero attached hydrogens (tertiary/aromatic N) is 1. The minimum Gasteiger partial charge on any atom is -0.310 e. The molecule has 0 N–H and O–H groups in total. The number of rotatable bonds is 6. The Morgan fingerprint density at radius 1 is 0.286 bits per heavy atom. The maximum Gasteiger partial charge on any atom is 0.0719 e. The predicted octanol–water partition coefficient (Wildman–Crippen LogP) is 16.3. The van der Waals surface area contributed by atoms with E-state index in [-0.39, 0.29) is 5.41 Å². The first kappa shape index (κ1) is 37.1. The molecule has 10 aromatic rings. The van der Waals surface area contributed by atoms with Gasteiger partial charge in [0.15, 0.2) is 0 Å². The highest BCUT2D eigenvalue weighted by molar-refractivity contribution is 5.96. The van der Waals surface area contributed by atoms with Gasteiger partial charge in [-0.15, -0.1) is 0 Å². The zero-order valence-corrected chi connectivity index (χ0v) is 35.5. The molecule has 12 rings (SSSR count). The van der Waals surface area contributed by atoms with E-state index in [4.69, 9.17) is 0 Å². The Bertz CT molecular complexity index is 3310. The average Bonchev–Trinajstić information content (AvgIpc) is 3.64. The van der Waals surface area contributed by atoms with E-state index >= 15 is 0 Å². The summed E-state index contributed by atoms with van der Waals surface area (Å²) >= 11 is 0. The van der Waals surface area contributed by atoms with Gasteiger partial charge in [-0.3, -0.25) is 0 Å². The molecule has 0 aromatic heterocycles. The van der Waals surface area contributed by atoms with Crippen LogP contribution in [0.2, 0.25) is 0 Å². The number of benzene rings is 10. The summed E-state index contributed by atoms with van der Waals surface area (Å²) in [5, 5.41) is 2.40. The van der Waals surface area contributed by atoms with Gasteiger partial charge >= 0.3 is 0 Å². The summed E-state index contributed by atoms with van der Waals surface area (Å²) in [5.74, 6) is 0. The van der Waals surface area contributed by atoms with Crippen molar-refractivity contribution in [3.63, 3.8) is 0 Å². The molecule has 2 aliphatic carbocycles. The van der Waals surface area contributed by atoms with Crippen molar-refractivity contribution < 1.29 is 0 Å². The van der Waals surface area contributed by atoms with Crippen LogP contribution in [0.3, 0.4) is 0 Å². The van der Waals surface area contributed by atoms with Crippen molar-refractivity contribution in [2.45, 2.75) is 24.7 Å². The number of hydrogen-bond donors (Lipinski definition) is 0. The third kappa shape index (κ3) is 5.70. The van der Waals surface area contributed by atoms with Crippen molar-refractivity contribution >= 4 is 27.8 Å². The first-order chi connectivity index (χ1) is 31.0. The van der Waals surface area contributed by atoms with Gasteiger partial charge in [0.2, 0.25) is 0 Å². The molecular weight excluding hydrogens is 759 g/mol. The SMILES string of the molecule is CC1(C)c2ccccc2C2(c3ccccc3-c3ccc(-c4ccc5cc(N(c6ccc(-c7ccccc7)cc6)c6ccccc6-c6ccccc6)ccc5c4)cc32)c2ccccc21. The smallest absolute Gasteiger partial charge is 0.0719 e. The van der Waals surface area contributed by atoms with E-state index in [1.54, 1.807) is 0 Å². The molecule has 63 heavy (non-hydrogen) atoms. The molecule has 0 saturated heterocycles. The van der Waals surface area contributed by atoms with Crippen LogP contribution < -0.4 is 4.90 Å². The van der Waals surface area contributed by atoms with Crippen LogP contribution in [0, 0.1) is 0 Å². The highest BCUT2D eigenvalue weighted by Gasteiger charge is 2.53. The molecule has 0 aliphatic heterocycles. The summed E-state index contributed by atoms with van der Waals surface area (Å²) in [6.07, 6.45) is 0. The van der Waals surface area contributed by atoms with Crippen molar-refractivity contribution in [1.82, 2.24) is 0 Å². The summed E-state index contributed by atoms with van der Waals surface area (Å²) in [7, 11) is 0. The van der Waals surface area contributed by atoms with Gasteiger partial charge in [0.05, 0.1) is 11.1 Å². The number of fused-ring (bicyclic) bond motifs is 10. The number of anilines is 3. The summed E-state index contributed by atoms with van der Waals surface area (Å²) in [6.45, 7) is 4.78. The fourth-order valence-electron chi connectivity index (χ4n) is 11.0. The summed E-state index contributed by atoms with van der Waals surface area (Å²) in [4.78, 5) is 2.41. The van der Waals surface area contributed by atoms with E-state index in [1.807, 2.05) is 0 Å². The van der Waals surface area contributed by atoms with E-state index in [0.717, 1.165) is 17.1 Å². The van der Waals surface area contributed by atoms with Gasteiger partial charge in [-0.05, 0) is 126 Å². The van der Waals surface area contributed by atoms with Crippen molar-refractivity contribution in [3.8, 4) is 44.5 Å². The van der Waals surface area contributed by atoms with Gasteiger partial charge in [0.25, 0.3) is 0 Å². The third-order valence-corrected chi connectivity index (χ3v) is 13.9. The molecule has 0 bridgehead atoms. The second-order valence-corrected chi connectivity index (χ2v) is 17.6. The van der Waals surface area contributed by atoms with E-state index in [9.17, 15) is 0 Å². The summed E-state index contributed by atoms with van der Waals surface area (Å²) in [5.41, 5.74) is 20.9. The van der Waals surface area contributed by atoms with Crippen LogP contribution >= 0.6 is 0 Å². The molecule has 298 valence electrons. The fraction of sp³-hybridized carbons (Fsp3) is 0.0645. The van der Waals surface area contributed by atoms with E-state index in [0.29, 0.717) is 0 Å². The van der Waals surface area contributed by atoms with Crippen LogP contribution in [0.1, 0.15) is 47.2 Å². The van der Waals surface area contributed by atoms with Gasteiger partial charge in [-0.1, -0.05) is 208 Å². The van der Waals surface area contributed by atoms with Crippen LogP contribution in [-0.2, 0) is 10.8 Å². The topological polar surface area (TPSA) is 3.24 Å². The molecule has 0 amide bonds. The molecule has 0 heterocycles. The minimum absolute atomic E-state index is 0.129. The van der Waals surface area contributed by atoms with Gasteiger partial charge < -0.3 is 4.90 Å². The molecule has 2 aliphatic rings. The lowest BCUT2D eigenvalue weighted by molar-refractivity contribution is 0.563. The van der Waals surface area contributed by atoms with Crippen LogP contribution in [0.25, 0.3) is 55.3 Å². The molecule has 1 spiro atoms. The maximum absolute atomic E-state index is 2.50. The Morgan fingerprint density at radius 2 is 0.746 bits per heavy atom. The highest BCUT2D eigenvalue weighted by atomic mass is 15.1. The Balaban J connectivity index is 0.989. The fourth-order valence-corrected chi connectivity index (χ4v) is 11.0. The lowest BCUT2D eigenvalue weighted by Gasteiger charge is -2.46. The van der Waals surface area contributed by atoms with Crippen LogP contribution in [0.15, 0.2) is 237 Å². The molecule has 0 saturated carbocycles. The van der Waals surface area contributed by atoms with Crippen LogP contribution in [0.4, 0.5) is 17.1 Å². The normalized spacial score (nSPS) is 13.8. The van der Waals surface area contributed by atoms with Crippen LogP contribution in [0.5, 0.6) is 0 Å². The molecule has 10 aromatic carbocycles. The van der Waals surface area contributed by atoms with Gasteiger partial charge in [-0.25, -0.2) is 0 Å². The first-order valence-corrected chi connectivity index (χ1v) is 22.1. The van der Waals surface area contributed by atoms with E-state index in [1.165, 1.54) is 88.7 Å². The molecule has 0 radical (unpaired) electrons. The lowest BCUT2D eigenvalue weighted by Crippen LogP contribution is -2.40. The Kier molecular flexibility index (Phi) is 8.49. The van der Waals surface area contributed by atoms with E-state index in [2.05, 4.69) is 255 Å². The van der Waals surface area contributed by atoms with E-state index < -0.39 is 5.41 Å².